The van der Waals surface area contributed by atoms with Crippen LogP contribution < -0.4 is 0 Å². The van der Waals surface area contributed by atoms with Gasteiger partial charge in [0.05, 0.1) is 32.9 Å². The van der Waals surface area contributed by atoms with E-state index in [1.54, 1.807) is 0 Å². The third kappa shape index (κ3) is 3.30. The predicted octanol–water partition coefficient (Wildman–Crippen LogP) is 11.5. The number of hydrogen-bond donors (Lipinski definition) is 0. The highest BCUT2D eigenvalue weighted by atomic mass is 16.3. The summed E-state index contributed by atoms with van der Waals surface area (Å²) >= 11 is 0. The van der Waals surface area contributed by atoms with Crippen LogP contribution in [0.5, 0.6) is 0 Å². The highest BCUT2D eigenvalue weighted by molar-refractivity contribution is 6.23. The molecule has 0 aliphatic rings. The second-order valence-electron chi connectivity index (χ2n) is 9.01. The van der Waals surface area contributed by atoms with Gasteiger partial charge in [0.1, 0.15) is 11.2 Å². The van der Waals surface area contributed by atoms with Crippen molar-refractivity contribution in [2.24, 2.45) is 0 Å². The highest BCUT2D eigenvalue weighted by Gasteiger charge is 2.18. The van der Waals surface area contributed by atoms with Gasteiger partial charge in [-0.25, -0.2) is 0 Å². The van der Waals surface area contributed by atoms with E-state index >= 15 is 0 Å². The SMILES string of the molecule is [2H]c1c([2H])c([2H])c2c(oc3c([2H])c([2H])c(-c4c5c([2H])c([2H])c([2H])c([2H])c5c(-c5c([2H])c([2H])c6c([2H])c([2H])c7c([2H])c([2H])c([2H])c([2H])c7c6c5[2H])c5c([2H])c([2H])c([2H])c([2H])c45)c([2H])c32)c1[2H]. The molecule has 1 aromatic heterocycles. The van der Waals surface area contributed by atoms with Gasteiger partial charge in [-0.3, -0.25) is 0 Å². The van der Waals surface area contributed by atoms with Crippen molar-refractivity contribution in [1.29, 1.82) is 0 Å². The number of hydrogen-bond acceptors (Lipinski definition) is 1. The van der Waals surface area contributed by atoms with Crippen LogP contribution in [-0.4, -0.2) is 0 Å². The molecule has 0 N–H and O–H groups in total. The first-order valence-corrected chi connectivity index (χ1v) is 12.2. The Bertz CT molecular complexity index is 3740. The summed E-state index contributed by atoms with van der Waals surface area (Å²) in [7, 11) is 0. The molecule has 0 radical (unpaired) electrons. The van der Waals surface area contributed by atoms with Crippen molar-refractivity contribution < 1.29 is 37.3 Å². The molecule has 9 rings (SSSR count). The molecule has 0 unspecified atom stereocenters. The lowest BCUT2D eigenvalue weighted by Gasteiger charge is -2.18. The number of benzene rings is 8. The van der Waals surface area contributed by atoms with Crippen molar-refractivity contribution in [3.05, 3.63) is 145 Å². The molecule has 0 fully saturated rings. The molecular weight excluding hydrogens is 496 g/mol. The molecule has 1 heteroatoms. The van der Waals surface area contributed by atoms with E-state index in [-0.39, 0.29) is 0 Å². The van der Waals surface area contributed by atoms with Crippen molar-refractivity contribution in [2.75, 3.05) is 0 Å². The summed E-state index contributed by atoms with van der Waals surface area (Å²) in [5.41, 5.74) is -3.79. The zero-order valence-corrected chi connectivity index (χ0v) is 20.4. The van der Waals surface area contributed by atoms with E-state index < -0.39 is 232 Å². The molecule has 0 saturated heterocycles. The van der Waals surface area contributed by atoms with Crippen molar-refractivity contribution in [1.82, 2.24) is 0 Å². The lowest BCUT2D eigenvalue weighted by atomic mass is 9.85. The Morgan fingerprint density at radius 1 is 0.341 bits per heavy atom. The van der Waals surface area contributed by atoms with E-state index in [9.17, 15) is 12.3 Å². The van der Waals surface area contributed by atoms with Crippen LogP contribution in [0.1, 0.15) is 32.9 Å². The monoisotopic (exact) mass is 544 g/mol. The normalized spacial score (nSPS) is 20.1. The summed E-state index contributed by atoms with van der Waals surface area (Å²) in [5, 5.41) is -5.70. The standard InChI is InChI=1S/C40H24O/c1-2-10-29-25(9-1)17-18-26-19-20-27(23-35(26)29)39-31-12-3-5-14-33(31)40(34-15-6-4-13-32(34)39)28-21-22-38-36(24-28)30-11-7-8-16-37(30)41-38/h1-24H/i1D,2D,3D,4D,5D,6D,7D,8D,9D,10D,11D,12D,13D,14D,15D,16D,17D,18D,19D,20D,21D,22D,23D,24D. The number of para-hydroxylation sites is 1. The molecule has 0 atom stereocenters. The molecule has 41 heavy (non-hydrogen) atoms. The fraction of sp³-hybridized carbons (Fsp3) is 0. The molecule has 0 amide bonds. The zero-order valence-electron chi connectivity index (χ0n) is 44.4. The summed E-state index contributed by atoms with van der Waals surface area (Å²) in [6, 6.07) is -20.4. The molecule has 8 aromatic carbocycles. The minimum absolute atomic E-state index is 0.397. The van der Waals surface area contributed by atoms with Crippen molar-refractivity contribution >= 4 is 65.0 Å². The molecular formula is C40H24O. The van der Waals surface area contributed by atoms with Crippen LogP contribution in [0.3, 0.4) is 0 Å². The summed E-state index contributed by atoms with van der Waals surface area (Å²) in [5.74, 6) is 0. The predicted molar refractivity (Wildman–Crippen MR) is 175 cm³/mol. The van der Waals surface area contributed by atoms with Crippen LogP contribution in [0.25, 0.3) is 87.3 Å². The van der Waals surface area contributed by atoms with Crippen molar-refractivity contribution in [2.45, 2.75) is 0 Å². The van der Waals surface area contributed by atoms with Crippen LogP contribution >= 0.6 is 0 Å². The van der Waals surface area contributed by atoms with Gasteiger partial charge in [-0.2, -0.15) is 0 Å². The second-order valence-corrected chi connectivity index (χ2v) is 9.01. The quantitative estimate of drug-likeness (QED) is 0.156. The van der Waals surface area contributed by atoms with Crippen molar-refractivity contribution in [3.8, 4) is 22.3 Å². The fourth-order valence-electron chi connectivity index (χ4n) is 5.08. The van der Waals surface area contributed by atoms with Crippen LogP contribution in [-0.2, 0) is 0 Å². The Hall–Kier alpha value is -5.40. The van der Waals surface area contributed by atoms with Gasteiger partial charge in [0.25, 0.3) is 0 Å². The Balaban J connectivity index is 1.65. The summed E-state index contributed by atoms with van der Waals surface area (Å²) < 4.78 is 220. The van der Waals surface area contributed by atoms with Gasteiger partial charge in [0.15, 0.2) is 0 Å². The van der Waals surface area contributed by atoms with Gasteiger partial charge in [0, 0.05) is 10.8 Å². The highest BCUT2D eigenvalue weighted by Crippen LogP contribution is 2.45. The van der Waals surface area contributed by atoms with E-state index in [1.165, 1.54) is 0 Å². The molecule has 0 bridgehead atoms. The molecule has 190 valence electrons. The zero-order chi connectivity index (χ0) is 47.8. The first kappa shape index (κ1) is 9.33. The largest absolute Gasteiger partial charge is 0.456 e. The third-order valence-corrected chi connectivity index (χ3v) is 6.82. The number of rotatable bonds is 2. The van der Waals surface area contributed by atoms with Crippen molar-refractivity contribution in [3.63, 3.8) is 0 Å². The van der Waals surface area contributed by atoms with Gasteiger partial charge in [0.2, 0.25) is 0 Å². The fourth-order valence-corrected chi connectivity index (χ4v) is 5.08. The third-order valence-electron chi connectivity index (χ3n) is 6.82. The van der Waals surface area contributed by atoms with E-state index in [4.69, 9.17) is 25.0 Å². The summed E-state index contributed by atoms with van der Waals surface area (Å²) in [6.45, 7) is 0. The average molecular weight is 545 g/mol. The lowest BCUT2D eigenvalue weighted by Crippen LogP contribution is -1.91. The summed E-state index contributed by atoms with van der Waals surface area (Å²) in [6.07, 6.45) is 0. The average Bonchev–Trinajstić information content (AvgIpc) is 3.69. The molecule has 0 saturated carbocycles. The van der Waals surface area contributed by atoms with Gasteiger partial charge >= 0.3 is 0 Å². The Labute approximate surface area is 270 Å². The maximum atomic E-state index is 9.74. The molecule has 1 nitrogen and oxygen atoms in total. The minimum atomic E-state index is -0.956. The van der Waals surface area contributed by atoms with Crippen LogP contribution in [0, 0.1) is 0 Å². The Morgan fingerprint density at radius 3 is 1.44 bits per heavy atom. The van der Waals surface area contributed by atoms with Gasteiger partial charge in [-0.1, -0.05) is 121 Å². The number of furan rings is 1. The van der Waals surface area contributed by atoms with E-state index in [1.807, 2.05) is 0 Å². The minimum Gasteiger partial charge on any atom is -0.456 e. The Morgan fingerprint density at radius 2 is 0.780 bits per heavy atom. The van der Waals surface area contributed by atoms with Crippen LogP contribution in [0.2, 0.25) is 0 Å². The van der Waals surface area contributed by atoms with E-state index in [2.05, 4.69) is 0 Å². The first-order chi connectivity index (χ1) is 30.3. The smallest absolute Gasteiger partial charge is 0.135 e. The lowest BCUT2D eigenvalue weighted by molar-refractivity contribution is 0.669. The molecule has 0 spiro atoms. The first-order valence-electron chi connectivity index (χ1n) is 24.2. The molecule has 0 aliphatic carbocycles. The van der Waals surface area contributed by atoms with E-state index in [0.717, 1.165) is 0 Å². The van der Waals surface area contributed by atoms with Gasteiger partial charge in [-0.05, 0) is 89.5 Å². The van der Waals surface area contributed by atoms with Crippen LogP contribution in [0.15, 0.2) is 149 Å². The molecule has 0 aliphatic heterocycles. The van der Waals surface area contributed by atoms with E-state index in [0.29, 0.717) is 0 Å². The maximum Gasteiger partial charge on any atom is 0.135 e. The number of fused-ring (bicyclic) bond motifs is 8. The second kappa shape index (κ2) is 8.55. The van der Waals surface area contributed by atoms with Gasteiger partial charge < -0.3 is 4.42 Å². The maximum absolute atomic E-state index is 9.74. The summed E-state index contributed by atoms with van der Waals surface area (Å²) in [4.78, 5) is 0. The molecule has 1 heterocycles. The topological polar surface area (TPSA) is 13.1 Å². The van der Waals surface area contributed by atoms with Gasteiger partial charge in [-0.15, -0.1) is 0 Å². The molecule has 9 aromatic rings. The van der Waals surface area contributed by atoms with Crippen LogP contribution in [0.4, 0.5) is 0 Å². The Kier molecular flexibility index (Phi) is 1.94.